The molecule has 0 saturated carbocycles. The quantitative estimate of drug-likeness (QED) is 0.354. The second kappa shape index (κ2) is 10.8. The molecular formula is C21H32N4O4S. The summed E-state index contributed by atoms with van der Waals surface area (Å²) in [5, 5.41) is 11.5. The van der Waals surface area contributed by atoms with Crippen molar-refractivity contribution in [1.29, 1.82) is 0 Å². The van der Waals surface area contributed by atoms with Gasteiger partial charge < -0.3 is 9.80 Å². The van der Waals surface area contributed by atoms with Gasteiger partial charge in [-0.2, -0.15) is 4.31 Å². The van der Waals surface area contributed by atoms with Crippen LogP contribution in [0.2, 0.25) is 0 Å². The highest BCUT2D eigenvalue weighted by Gasteiger charge is 2.32. The van der Waals surface area contributed by atoms with Gasteiger partial charge in [0.25, 0.3) is 5.69 Å². The Bertz CT molecular complexity index is 879. The topological polar surface area (TPSA) is 87.0 Å². The van der Waals surface area contributed by atoms with Crippen LogP contribution in [-0.2, 0) is 10.0 Å². The Kier molecular flexibility index (Phi) is 8.65. The molecule has 0 bridgehead atoms. The van der Waals surface area contributed by atoms with Gasteiger partial charge in [-0.1, -0.05) is 19.8 Å². The van der Waals surface area contributed by atoms with Gasteiger partial charge in [-0.25, -0.2) is 8.42 Å². The Morgan fingerprint density at radius 1 is 1.13 bits per heavy atom. The number of hydrogen-bond acceptors (Lipinski definition) is 6. The summed E-state index contributed by atoms with van der Waals surface area (Å²) in [6.07, 6.45) is 8.70. The smallest absolute Gasteiger partial charge is 0.272 e. The van der Waals surface area contributed by atoms with Gasteiger partial charge in [0.15, 0.2) is 0 Å². The van der Waals surface area contributed by atoms with Gasteiger partial charge in [-0.15, -0.1) is 6.42 Å². The van der Waals surface area contributed by atoms with Gasteiger partial charge >= 0.3 is 0 Å². The van der Waals surface area contributed by atoms with Gasteiger partial charge in [0.1, 0.15) is 4.90 Å². The lowest BCUT2D eigenvalue weighted by Gasteiger charge is -2.31. The van der Waals surface area contributed by atoms with Crippen molar-refractivity contribution in [3.8, 4) is 12.3 Å². The highest BCUT2D eigenvalue weighted by Crippen LogP contribution is 2.36. The minimum Gasteiger partial charge on any atom is -0.369 e. The second-order valence-electron chi connectivity index (χ2n) is 7.64. The monoisotopic (exact) mass is 436 g/mol. The fraction of sp³-hybridized carbons (Fsp3) is 0.619. The van der Waals surface area contributed by atoms with Crippen LogP contribution in [0.4, 0.5) is 11.4 Å². The van der Waals surface area contributed by atoms with E-state index in [1.165, 1.54) is 16.4 Å². The molecule has 0 atom stereocenters. The maximum atomic E-state index is 13.7. The van der Waals surface area contributed by atoms with Crippen molar-refractivity contribution in [3.63, 3.8) is 0 Å². The van der Waals surface area contributed by atoms with Crippen LogP contribution in [0.5, 0.6) is 0 Å². The van der Waals surface area contributed by atoms with Crippen LogP contribution in [-0.4, -0.2) is 68.9 Å². The Morgan fingerprint density at radius 3 is 2.17 bits per heavy atom. The molecule has 0 radical (unpaired) electrons. The van der Waals surface area contributed by atoms with Gasteiger partial charge in [-0.3, -0.25) is 10.1 Å². The standard InChI is InChI=1S/C21H32N4O4S/c1-5-10-23(11-6-2)21-18(7-3)16-19(25(26)27)17-20(21)30(28,29)24-14-8-12-22(4)13-9-15-24/h3,16-17H,5-6,8-15H2,1-2,4H3. The first kappa shape index (κ1) is 24.1. The van der Waals surface area contributed by atoms with Crippen LogP contribution < -0.4 is 4.90 Å². The maximum Gasteiger partial charge on any atom is 0.272 e. The molecule has 1 saturated heterocycles. The maximum absolute atomic E-state index is 13.7. The van der Waals surface area contributed by atoms with E-state index in [9.17, 15) is 18.5 Å². The molecule has 0 spiro atoms. The molecule has 0 aromatic heterocycles. The van der Waals surface area contributed by atoms with E-state index in [4.69, 9.17) is 6.42 Å². The van der Waals surface area contributed by atoms with E-state index in [1.54, 1.807) is 0 Å². The summed E-state index contributed by atoms with van der Waals surface area (Å²) in [4.78, 5) is 15.0. The minimum absolute atomic E-state index is 0.0551. The Morgan fingerprint density at radius 2 is 1.70 bits per heavy atom. The van der Waals surface area contributed by atoms with E-state index in [0.29, 0.717) is 44.7 Å². The first-order chi connectivity index (χ1) is 14.3. The largest absolute Gasteiger partial charge is 0.369 e. The summed E-state index contributed by atoms with van der Waals surface area (Å²) < 4.78 is 28.9. The average molecular weight is 437 g/mol. The van der Waals surface area contributed by atoms with Crippen molar-refractivity contribution >= 4 is 21.4 Å². The first-order valence-electron chi connectivity index (χ1n) is 10.5. The lowest BCUT2D eigenvalue weighted by molar-refractivity contribution is -0.385. The summed E-state index contributed by atoms with van der Waals surface area (Å²) in [7, 11) is -1.92. The molecule has 2 rings (SSSR count). The van der Waals surface area contributed by atoms with E-state index in [0.717, 1.165) is 25.9 Å². The van der Waals surface area contributed by atoms with E-state index < -0.39 is 14.9 Å². The zero-order valence-electron chi connectivity index (χ0n) is 18.1. The molecule has 1 heterocycles. The highest BCUT2D eigenvalue weighted by atomic mass is 32.2. The molecule has 8 nitrogen and oxygen atoms in total. The number of nitro groups is 1. The number of hydrogen-bond donors (Lipinski definition) is 0. The van der Waals surface area contributed by atoms with Crippen LogP contribution >= 0.6 is 0 Å². The fourth-order valence-electron chi connectivity index (χ4n) is 3.84. The molecule has 0 unspecified atom stereocenters. The molecule has 1 aliphatic heterocycles. The van der Waals surface area contributed by atoms with Crippen molar-refractivity contribution in [2.24, 2.45) is 0 Å². The molecule has 30 heavy (non-hydrogen) atoms. The predicted octanol–water partition coefficient (Wildman–Crippen LogP) is 2.92. The van der Waals surface area contributed by atoms with Crippen LogP contribution in [0.1, 0.15) is 45.1 Å². The third-order valence-corrected chi connectivity index (χ3v) is 7.15. The summed E-state index contributed by atoms with van der Waals surface area (Å²) in [6.45, 7) is 7.62. The molecule has 1 aromatic rings. The number of non-ortho nitro benzene ring substituents is 1. The predicted molar refractivity (Wildman–Crippen MR) is 119 cm³/mol. The number of nitro benzene ring substituents is 1. The van der Waals surface area contributed by atoms with Crippen LogP contribution in [0.15, 0.2) is 17.0 Å². The van der Waals surface area contributed by atoms with Crippen molar-refractivity contribution in [2.75, 3.05) is 51.2 Å². The lowest BCUT2D eigenvalue weighted by atomic mass is 10.1. The van der Waals surface area contributed by atoms with E-state index >= 15 is 0 Å². The number of sulfonamides is 1. The van der Waals surface area contributed by atoms with E-state index in [1.807, 2.05) is 25.8 Å². The summed E-state index contributed by atoms with van der Waals surface area (Å²) >= 11 is 0. The van der Waals surface area contributed by atoms with Crippen LogP contribution in [0.25, 0.3) is 0 Å². The number of nitrogens with zero attached hydrogens (tertiary/aromatic N) is 4. The van der Waals surface area contributed by atoms with E-state index in [2.05, 4.69) is 10.8 Å². The molecule has 0 aliphatic carbocycles. The molecular weight excluding hydrogens is 404 g/mol. The second-order valence-corrected chi connectivity index (χ2v) is 9.55. The fourth-order valence-corrected chi connectivity index (χ4v) is 5.61. The van der Waals surface area contributed by atoms with Crippen molar-refractivity contribution in [2.45, 2.75) is 44.4 Å². The Balaban J connectivity index is 2.66. The first-order valence-corrected chi connectivity index (χ1v) is 11.9. The molecule has 0 amide bonds. The molecule has 9 heteroatoms. The number of terminal acetylenes is 1. The number of benzene rings is 1. The molecule has 0 N–H and O–H groups in total. The van der Waals surface area contributed by atoms with E-state index in [-0.39, 0.29) is 16.1 Å². The van der Waals surface area contributed by atoms with Gasteiger partial charge in [-0.05, 0) is 45.8 Å². The molecule has 1 aromatic carbocycles. The minimum atomic E-state index is -3.95. The summed E-state index contributed by atoms with van der Waals surface area (Å²) in [5.74, 6) is 2.50. The van der Waals surface area contributed by atoms with Gasteiger partial charge in [0.05, 0.1) is 16.2 Å². The molecule has 1 aliphatic rings. The van der Waals surface area contributed by atoms with Crippen molar-refractivity contribution < 1.29 is 13.3 Å². The zero-order valence-corrected chi connectivity index (χ0v) is 18.9. The highest BCUT2D eigenvalue weighted by molar-refractivity contribution is 7.89. The Labute approximate surface area is 180 Å². The SMILES string of the molecule is C#Cc1cc([N+](=O)[O-])cc(S(=O)(=O)N2CCCN(C)CCC2)c1N(CCC)CCC. The number of rotatable bonds is 8. The summed E-state index contributed by atoms with van der Waals surface area (Å²) in [6, 6.07) is 2.48. The summed E-state index contributed by atoms with van der Waals surface area (Å²) in [5.41, 5.74) is 0.354. The van der Waals surface area contributed by atoms with Gasteiger partial charge in [0.2, 0.25) is 10.0 Å². The third-order valence-electron chi connectivity index (χ3n) is 5.24. The van der Waals surface area contributed by atoms with Gasteiger partial charge in [0, 0.05) is 38.3 Å². The van der Waals surface area contributed by atoms with Crippen LogP contribution in [0.3, 0.4) is 0 Å². The average Bonchev–Trinajstić information content (AvgIpc) is 2.69. The van der Waals surface area contributed by atoms with Crippen molar-refractivity contribution in [1.82, 2.24) is 9.21 Å². The normalized spacial score (nSPS) is 16.5. The zero-order chi connectivity index (χ0) is 22.3. The van der Waals surface area contributed by atoms with Crippen molar-refractivity contribution in [3.05, 3.63) is 27.8 Å². The lowest BCUT2D eigenvalue weighted by Crippen LogP contribution is -2.39. The Hall–Kier alpha value is -2.15. The molecule has 166 valence electrons. The van der Waals surface area contributed by atoms with Crippen LogP contribution in [0, 0.1) is 22.5 Å². The third kappa shape index (κ3) is 5.50. The number of anilines is 1. The molecule has 1 fully saturated rings.